The van der Waals surface area contributed by atoms with Gasteiger partial charge < -0.3 is 10.2 Å². The molecule has 108 valence electrons. The molecular weight excluding hydrogens is 316 g/mol. The maximum Gasteiger partial charge on any atom is 0.227 e. The van der Waals surface area contributed by atoms with E-state index in [2.05, 4.69) is 40.0 Å². The van der Waals surface area contributed by atoms with E-state index in [4.69, 9.17) is 0 Å². The van der Waals surface area contributed by atoms with Crippen molar-refractivity contribution in [2.75, 3.05) is 19.6 Å². The molecule has 1 N–H and O–H groups in total. The van der Waals surface area contributed by atoms with Crippen molar-refractivity contribution in [2.24, 2.45) is 11.8 Å². The van der Waals surface area contributed by atoms with Gasteiger partial charge in [0.2, 0.25) is 5.91 Å². The van der Waals surface area contributed by atoms with Crippen molar-refractivity contribution in [1.29, 1.82) is 0 Å². The molecule has 2 heterocycles. The fourth-order valence-electron chi connectivity index (χ4n) is 3.72. The molecule has 1 aromatic rings. The van der Waals surface area contributed by atoms with Gasteiger partial charge in [-0.05, 0) is 43.4 Å². The second kappa shape index (κ2) is 5.15. The molecule has 2 atom stereocenters. The molecule has 2 unspecified atom stereocenters. The highest BCUT2D eigenvalue weighted by molar-refractivity contribution is 9.10. The summed E-state index contributed by atoms with van der Waals surface area (Å²) in [6.45, 7) is 7.42. The first-order valence-corrected chi connectivity index (χ1v) is 8.03. The summed E-state index contributed by atoms with van der Waals surface area (Å²) in [7, 11) is 0. The molecule has 0 saturated carbocycles. The Morgan fingerprint density at radius 1 is 1.35 bits per heavy atom. The molecule has 2 aliphatic rings. The highest BCUT2D eigenvalue weighted by atomic mass is 79.9. The average Bonchev–Trinajstić information content (AvgIpc) is 2.95. The quantitative estimate of drug-likeness (QED) is 0.899. The standard InChI is InChI=1S/C16H21BrN2O/c1-16(2)14-9-18-8-12(14)10-19(16)15(20)7-11-3-5-13(17)6-4-11/h3-6,12,14,18H,7-10H2,1-2H3. The molecule has 0 radical (unpaired) electrons. The fourth-order valence-corrected chi connectivity index (χ4v) is 3.98. The van der Waals surface area contributed by atoms with Gasteiger partial charge in [-0.3, -0.25) is 4.79 Å². The van der Waals surface area contributed by atoms with E-state index in [0.717, 1.165) is 29.7 Å². The van der Waals surface area contributed by atoms with Crippen molar-refractivity contribution in [2.45, 2.75) is 25.8 Å². The van der Waals surface area contributed by atoms with Crippen molar-refractivity contribution >= 4 is 21.8 Å². The summed E-state index contributed by atoms with van der Waals surface area (Å²) in [5.74, 6) is 1.47. The van der Waals surface area contributed by atoms with Crippen LogP contribution in [0.1, 0.15) is 19.4 Å². The average molecular weight is 337 g/mol. The van der Waals surface area contributed by atoms with E-state index in [-0.39, 0.29) is 11.4 Å². The molecule has 3 nitrogen and oxygen atoms in total. The Morgan fingerprint density at radius 2 is 2.05 bits per heavy atom. The lowest BCUT2D eigenvalue weighted by atomic mass is 9.85. The molecular formula is C16H21BrN2O. The predicted molar refractivity (Wildman–Crippen MR) is 83.5 cm³/mol. The summed E-state index contributed by atoms with van der Waals surface area (Å²) in [4.78, 5) is 14.7. The minimum absolute atomic E-state index is 0.0272. The minimum Gasteiger partial charge on any atom is -0.337 e. The predicted octanol–water partition coefficient (Wildman–Crippen LogP) is 2.45. The number of carbonyl (C=O) groups is 1. The molecule has 1 aromatic carbocycles. The number of nitrogens with one attached hydrogen (secondary N) is 1. The number of halogens is 1. The smallest absolute Gasteiger partial charge is 0.227 e. The number of hydrogen-bond acceptors (Lipinski definition) is 2. The van der Waals surface area contributed by atoms with Crippen molar-refractivity contribution in [3.05, 3.63) is 34.3 Å². The number of benzene rings is 1. The highest BCUT2D eigenvalue weighted by Crippen LogP contribution is 2.40. The molecule has 0 aliphatic carbocycles. The summed E-state index contributed by atoms with van der Waals surface area (Å²) in [5, 5.41) is 3.45. The fraction of sp³-hybridized carbons (Fsp3) is 0.562. The zero-order chi connectivity index (χ0) is 14.3. The molecule has 1 amide bonds. The van der Waals surface area contributed by atoms with Gasteiger partial charge in [-0.2, -0.15) is 0 Å². The van der Waals surface area contributed by atoms with Gasteiger partial charge in [0.15, 0.2) is 0 Å². The molecule has 20 heavy (non-hydrogen) atoms. The second-order valence-corrected chi connectivity index (χ2v) is 7.40. The van der Waals surface area contributed by atoms with Crippen LogP contribution in [0.5, 0.6) is 0 Å². The van der Waals surface area contributed by atoms with Gasteiger partial charge in [0, 0.05) is 29.6 Å². The number of hydrogen-bond donors (Lipinski definition) is 1. The lowest BCUT2D eigenvalue weighted by molar-refractivity contribution is -0.134. The number of fused-ring (bicyclic) bond motifs is 1. The summed E-state index contributed by atoms with van der Waals surface area (Å²) >= 11 is 3.43. The number of carbonyl (C=O) groups excluding carboxylic acids is 1. The topological polar surface area (TPSA) is 32.3 Å². The molecule has 3 rings (SSSR count). The number of nitrogens with zero attached hydrogens (tertiary/aromatic N) is 1. The van der Waals surface area contributed by atoms with E-state index >= 15 is 0 Å². The van der Waals surface area contributed by atoms with Crippen LogP contribution in [-0.2, 0) is 11.2 Å². The number of amides is 1. The van der Waals surface area contributed by atoms with Crippen LogP contribution in [0.4, 0.5) is 0 Å². The van der Waals surface area contributed by atoms with E-state index < -0.39 is 0 Å². The van der Waals surface area contributed by atoms with E-state index in [1.807, 2.05) is 24.3 Å². The largest absolute Gasteiger partial charge is 0.337 e. The van der Waals surface area contributed by atoms with Gasteiger partial charge in [0.05, 0.1) is 6.42 Å². The summed E-state index contributed by atoms with van der Waals surface area (Å²) in [6, 6.07) is 8.04. The SMILES string of the molecule is CC1(C)C2CNCC2CN1C(=O)Cc1ccc(Br)cc1. The first-order chi connectivity index (χ1) is 9.48. The van der Waals surface area contributed by atoms with E-state index in [1.165, 1.54) is 0 Å². The first kappa shape index (κ1) is 14.1. The van der Waals surface area contributed by atoms with Gasteiger partial charge in [0.1, 0.15) is 0 Å². The molecule has 0 spiro atoms. The molecule has 2 fully saturated rings. The summed E-state index contributed by atoms with van der Waals surface area (Å²) in [5.41, 5.74) is 1.06. The third-order valence-corrected chi connectivity index (χ3v) is 5.46. The van der Waals surface area contributed by atoms with Gasteiger partial charge >= 0.3 is 0 Å². The summed E-state index contributed by atoms with van der Waals surface area (Å²) in [6.07, 6.45) is 0.504. The Hall–Kier alpha value is -0.870. The van der Waals surface area contributed by atoms with Crippen LogP contribution in [0.25, 0.3) is 0 Å². The molecule has 4 heteroatoms. The van der Waals surface area contributed by atoms with Gasteiger partial charge in [-0.1, -0.05) is 28.1 Å². The Bertz CT molecular complexity index is 512. The van der Waals surface area contributed by atoms with Crippen molar-refractivity contribution in [1.82, 2.24) is 10.2 Å². The van der Waals surface area contributed by atoms with Crippen LogP contribution in [0.15, 0.2) is 28.7 Å². The molecule has 2 saturated heterocycles. The lowest BCUT2D eigenvalue weighted by Gasteiger charge is -2.35. The third kappa shape index (κ3) is 2.40. The van der Waals surface area contributed by atoms with Crippen molar-refractivity contribution in [3.63, 3.8) is 0 Å². The maximum absolute atomic E-state index is 12.6. The van der Waals surface area contributed by atoms with Crippen LogP contribution in [-0.4, -0.2) is 36.0 Å². The zero-order valence-corrected chi connectivity index (χ0v) is 13.6. The van der Waals surface area contributed by atoms with Crippen LogP contribution < -0.4 is 5.32 Å². The van der Waals surface area contributed by atoms with E-state index in [0.29, 0.717) is 18.3 Å². The van der Waals surface area contributed by atoms with Crippen LogP contribution in [0.2, 0.25) is 0 Å². The monoisotopic (exact) mass is 336 g/mol. The second-order valence-electron chi connectivity index (χ2n) is 6.49. The normalized spacial score (nSPS) is 27.6. The Morgan fingerprint density at radius 3 is 2.70 bits per heavy atom. The minimum atomic E-state index is -0.0272. The Kier molecular flexibility index (Phi) is 3.63. The van der Waals surface area contributed by atoms with Gasteiger partial charge in [-0.25, -0.2) is 0 Å². The molecule has 2 aliphatic heterocycles. The van der Waals surface area contributed by atoms with Crippen LogP contribution in [0.3, 0.4) is 0 Å². The third-order valence-electron chi connectivity index (χ3n) is 4.93. The maximum atomic E-state index is 12.6. The molecule has 0 aromatic heterocycles. The Balaban J connectivity index is 1.73. The van der Waals surface area contributed by atoms with E-state index in [9.17, 15) is 4.79 Å². The van der Waals surface area contributed by atoms with Gasteiger partial charge in [0.25, 0.3) is 0 Å². The molecule has 0 bridgehead atoms. The van der Waals surface area contributed by atoms with Gasteiger partial charge in [-0.15, -0.1) is 0 Å². The van der Waals surface area contributed by atoms with Crippen molar-refractivity contribution < 1.29 is 4.79 Å². The van der Waals surface area contributed by atoms with Crippen LogP contribution >= 0.6 is 15.9 Å². The van der Waals surface area contributed by atoms with E-state index in [1.54, 1.807) is 0 Å². The van der Waals surface area contributed by atoms with Crippen LogP contribution in [0, 0.1) is 11.8 Å². The lowest BCUT2D eigenvalue weighted by Crippen LogP contribution is -2.48. The first-order valence-electron chi connectivity index (χ1n) is 7.24. The number of likely N-dealkylation sites (tertiary alicyclic amines) is 1. The summed E-state index contributed by atoms with van der Waals surface area (Å²) < 4.78 is 1.05. The Labute approximate surface area is 128 Å². The zero-order valence-electron chi connectivity index (χ0n) is 12.0. The number of rotatable bonds is 2. The highest BCUT2D eigenvalue weighted by Gasteiger charge is 2.50. The van der Waals surface area contributed by atoms with Crippen molar-refractivity contribution in [3.8, 4) is 0 Å².